The lowest BCUT2D eigenvalue weighted by Gasteiger charge is -2.34. The quantitative estimate of drug-likeness (QED) is 0.599. The molecule has 1 saturated heterocycles. The monoisotopic (exact) mass is 412 g/mol. The first-order valence-electron chi connectivity index (χ1n) is 10.4. The first-order valence-corrected chi connectivity index (χ1v) is 11.3. The van der Waals surface area contributed by atoms with E-state index in [1.807, 2.05) is 33.7 Å². The summed E-state index contributed by atoms with van der Waals surface area (Å²) in [5, 5.41) is 2.11. The molecule has 0 aliphatic carbocycles. The lowest BCUT2D eigenvalue weighted by Crippen LogP contribution is -2.48. The van der Waals surface area contributed by atoms with E-state index in [0.717, 1.165) is 50.2 Å². The number of fused-ring (bicyclic) bond motifs is 1. The molecule has 1 amide bonds. The molecule has 0 radical (unpaired) electrons. The maximum absolute atomic E-state index is 12.9. The average Bonchev–Trinajstić information content (AvgIpc) is 3.34. The number of thiophene rings is 1. The second kappa shape index (κ2) is 8.97. The van der Waals surface area contributed by atoms with Crippen molar-refractivity contribution in [3.63, 3.8) is 0 Å². The van der Waals surface area contributed by atoms with Crippen molar-refractivity contribution >= 4 is 28.3 Å². The largest absolute Gasteiger partial charge is 0.340 e. The van der Waals surface area contributed by atoms with Crippen LogP contribution in [0.2, 0.25) is 0 Å². The van der Waals surface area contributed by atoms with E-state index in [4.69, 9.17) is 0 Å². The molecular formula is C22H28N4O2S. The zero-order valence-corrected chi connectivity index (χ0v) is 17.7. The van der Waals surface area contributed by atoms with Crippen molar-refractivity contribution in [1.29, 1.82) is 0 Å². The molecule has 7 heteroatoms. The van der Waals surface area contributed by atoms with Gasteiger partial charge in [-0.1, -0.05) is 25.1 Å². The van der Waals surface area contributed by atoms with Gasteiger partial charge < -0.3 is 4.90 Å². The molecule has 0 N–H and O–H groups in total. The smallest absolute Gasteiger partial charge is 0.329 e. The topological polar surface area (TPSA) is 50.5 Å². The van der Waals surface area contributed by atoms with Gasteiger partial charge in [-0.25, -0.2) is 4.79 Å². The van der Waals surface area contributed by atoms with Crippen LogP contribution in [-0.4, -0.2) is 51.0 Å². The van der Waals surface area contributed by atoms with E-state index in [-0.39, 0.29) is 11.6 Å². The number of carbonyl (C=O) groups excluding carboxylic acids is 1. The molecule has 1 aromatic carbocycles. The highest BCUT2D eigenvalue weighted by molar-refractivity contribution is 7.09. The highest BCUT2D eigenvalue weighted by Gasteiger charge is 2.22. The number of para-hydroxylation sites is 2. The van der Waals surface area contributed by atoms with Gasteiger partial charge in [0.05, 0.1) is 11.0 Å². The van der Waals surface area contributed by atoms with Crippen molar-refractivity contribution in [1.82, 2.24) is 18.9 Å². The number of hydrogen-bond donors (Lipinski definition) is 0. The van der Waals surface area contributed by atoms with Crippen molar-refractivity contribution in [2.24, 2.45) is 0 Å². The maximum Gasteiger partial charge on any atom is 0.329 e. The van der Waals surface area contributed by atoms with Crippen LogP contribution < -0.4 is 5.69 Å². The number of hydrogen-bond acceptors (Lipinski definition) is 4. The number of aromatic nitrogens is 2. The number of carbonyl (C=O) groups is 1. The van der Waals surface area contributed by atoms with Crippen LogP contribution in [0.1, 0.15) is 24.6 Å². The Kier molecular flexibility index (Phi) is 6.16. The van der Waals surface area contributed by atoms with Gasteiger partial charge >= 0.3 is 5.69 Å². The molecule has 4 rings (SSSR count). The Hall–Kier alpha value is -2.38. The fourth-order valence-electron chi connectivity index (χ4n) is 4.07. The Balaban J connectivity index is 1.37. The summed E-state index contributed by atoms with van der Waals surface area (Å²) in [6.45, 7) is 7.50. The number of nitrogens with zero attached hydrogens (tertiary/aromatic N) is 4. The second-order valence-corrected chi connectivity index (χ2v) is 8.59. The lowest BCUT2D eigenvalue weighted by atomic mass is 10.2. The Morgan fingerprint density at radius 3 is 2.28 bits per heavy atom. The van der Waals surface area contributed by atoms with Gasteiger partial charge in [0.2, 0.25) is 5.91 Å². The minimum atomic E-state index is -0.0124. The molecule has 29 heavy (non-hydrogen) atoms. The van der Waals surface area contributed by atoms with Gasteiger partial charge in [0.25, 0.3) is 0 Å². The zero-order valence-electron chi connectivity index (χ0n) is 16.9. The summed E-state index contributed by atoms with van der Waals surface area (Å²) in [7, 11) is 0. The van der Waals surface area contributed by atoms with Crippen LogP contribution in [0.15, 0.2) is 46.6 Å². The van der Waals surface area contributed by atoms with Crippen LogP contribution in [0.25, 0.3) is 11.0 Å². The molecule has 6 nitrogen and oxygen atoms in total. The summed E-state index contributed by atoms with van der Waals surface area (Å²) >= 11 is 1.78. The molecule has 154 valence electrons. The van der Waals surface area contributed by atoms with Gasteiger partial charge in [0.1, 0.15) is 0 Å². The Labute approximate surface area is 175 Å². The molecule has 1 fully saturated rings. The van der Waals surface area contributed by atoms with Crippen LogP contribution >= 0.6 is 11.3 Å². The Morgan fingerprint density at radius 2 is 1.66 bits per heavy atom. The van der Waals surface area contributed by atoms with Gasteiger partial charge in [0, 0.05) is 57.1 Å². The number of rotatable bonds is 7. The summed E-state index contributed by atoms with van der Waals surface area (Å²) in [5.41, 5.74) is 1.86. The van der Waals surface area contributed by atoms with E-state index in [2.05, 4.69) is 29.3 Å². The third kappa shape index (κ3) is 4.31. The fourth-order valence-corrected chi connectivity index (χ4v) is 4.82. The van der Waals surface area contributed by atoms with Crippen molar-refractivity contribution in [2.75, 3.05) is 26.2 Å². The number of imidazole rings is 1. The van der Waals surface area contributed by atoms with E-state index in [1.165, 1.54) is 4.88 Å². The SMILES string of the molecule is CCCn1c(=O)n(CCC(=O)N2CCN(Cc3cccs3)CC2)c2ccccc21. The van der Waals surface area contributed by atoms with Gasteiger partial charge in [-0.3, -0.25) is 18.8 Å². The van der Waals surface area contributed by atoms with Gasteiger partial charge in [-0.2, -0.15) is 0 Å². The molecule has 0 atom stereocenters. The van der Waals surface area contributed by atoms with E-state index < -0.39 is 0 Å². The van der Waals surface area contributed by atoms with E-state index >= 15 is 0 Å². The van der Waals surface area contributed by atoms with Crippen molar-refractivity contribution in [2.45, 2.75) is 39.4 Å². The lowest BCUT2D eigenvalue weighted by molar-refractivity contribution is -0.133. The standard InChI is InChI=1S/C22H28N4O2S/c1-2-10-25-19-7-3-4-8-20(19)26(22(25)28)11-9-21(27)24-14-12-23(13-15-24)17-18-6-5-16-29-18/h3-8,16H,2,9-15,17H2,1H3. The van der Waals surface area contributed by atoms with E-state index in [0.29, 0.717) is 19.5 Å². The summed E-state index contributed by atoms with van der Waals surface area (Å²) in [5.74, 6) is 0.139. The summed E-state index contributed by atoms with van der Waals surface area (Å²) in [4.78, 5) is 31.3. The van der Waals surface area contributed by atoms with Crippen LogP contribution in [0.4, 0.5) is 0 Å². The van der Waals surface area contributed by atoms with Crippen LogP contribution in [0.3, 0.4) is 0 Å². The van der Waals surface area contributed by atoms with Gasteiger partial charge in [-0.05, 0) is 30.0 Å². The van der Waals surface area contributed by atoms with Crippen LogP contribution in [0.5, 0.6) is 0 Å². The third-order valence-corrected chi connectivity index (χ3v) is 6.47. The predicted octanol–water partition coefficient (Wildman–Crippen LogP) is 3.01. The Bertz CT molecular complexity index is 1010. The molecule has 2 aromatic heterocycles. The average molecular weight is 413 g/mol. The summed E-state index contributed by atoms with van der Waals surface area (Å²) in [6, 6.07) is 12.1. The number of benzene rings is 1. The molecule has 0 bridgehead atoms. The highest BCUT2D eigenvalue weighted by Crippen LogP contribution is 2.16. The first-order chi connectivity index (χ1) is 14.2. The first kappa shape index (κ1) is 19.9. The van der Waals surface area contributed by atoms with Gasteiger partial charge in [-0.15, -0.1) is 11.3 Å². The van der Waals surface area contributed by atoms with E-state index in [9.17, 15) is 9.59 Å². The van der Waals surface area contributed by atoms with Gasteiger partial charge in [0.15, 0.2) is 0 Å². The van der Waals surface area contributed by atoms with Crippen molar-refractivity contribution < 1.29 is 4.79 Å². The number of aryl methyl sites for hydroxylation is 2. The molecule has 3 heterocycles. The predicted molar refractivity (Wildman–Crippen MR) is 117 cm³/mol. The maximum atomic E-state index is 12.9. The number of piperazine rings is 1. The van der Waals surface area contributed by atoms with Crippen molar-refractivity contribution in [3.8, 4) is 0 Å². The molecule has 0 unspecified atom stereocenters. The molecule has 1 aliphatic heterocycles. The molecule has 0 spiro atoms. The fraction of sp³-hybridized carbons (Fsp3) is 0.455. The molecule has 1 aliphatic rings. The normalized spacial score (nSPS) is 15.3. The molecule has 3 aromatic rings. The zero-order chi connectivity index (χ0) is 20.2. The van der Waals surface area contributed by atoms with Crippen LogP contribution in [-0.2, 0) is 24.4 Å². The number of amides is 1. The van der Waals surface area contributed by atoms with E-state index in [1.54, 1.807) is 15.9 Å². The summed E-state index contributed by atoms with van der Waals surface area (Å²) < 4.78 is 3.58. The Morgan fingerprint density at radius 1 is 0.966 bits per heavy atom. The second-order valence-electron chi connectivity index (χ2n) is 7.56. The van der Waals surface area contributed by atoms with Crippen LogP contribution in [0, 0.1) is 0 Å². The molecule has 0 saturated carbocycles. The highest BCUT2D eigenvalue weighted by atomic mass is 32.1. The third-order valence-electron chi connectivity index (χ3n) is 5.61. The van der Waals surface area contributed by atoms with Crippen molar-refractivity contribution in [3.05, 3.63) is 57.1 Å². The summed E-state index contributed by atoms with van der Waals surface area (Å²) in [6.07, 6.45) is 1.27. The minimum absolute atomic E-state index is 0.0124. The minimum Gasteiger partial charge on any atom is -0.340 e. The molecular weight excluding hydrogens is 384 g/mol.